The van der Waals surface area contributed by atoms with Crippen LogP contribution in [-0.2, 0) is 30.5 Å². The first-order chi connectivity index (χ1) is 12.8. The molecule has 0 aromatic carbocycles. The number of aryl methyl sites for hydroxylation is 1. The summed E-state index contributed by atoms with van der Waals surface area (Å²) in [7, 11) is -0.780. The van der Waals surface area contributed by atoms with Crippen LogP contribution in [0.4, 0.5) is 0 Å². The van der Waals surface area contributed by atoms with Crippen molar-refractivity contribution in [3.63, 3.8) is 0 Å². The third-order valence-corrected chi connectivity index (χ3v) is 6.64. The molecule has 0 unspecified atom stereocenters. The fraction of sp³-hybridized carbons (Fsp3) is 0.412. The standard InChI is InChI=1S/C17H19N5O4S/c1-20-13-14(19-16(20)27(25,26)10-11-5-6-11)22(17(24)21(2)15(13)23)9-12-4-3-7-18-8-12/h3-4,7-8,11H,5-6,9-10H2,1-2H3. The van der Waals surface area contributed by atoms with E-state index in [1.165, 1.54) is 23.2 Å². The van der Waals surface area contributed by atoms with E-state index in [2.05, 4.69) is 9.97 Å². The van der Waals surface area contributed by atoms with Gasteiger partial charge < -0.3 is 4.57 Å². The predicted octanol–water partition coefficient (Wildman–Crippen LogP) is 0.0607. The molecule has 142 valence electrons. The Balaban J connectivity index is 1.97. The topological polar surface area (TPSA) is 109 Å². The predicted molar refractivity (Wildman–Crippen MR) is 98.3 cm³/mol. The number of imidazole rings is 1. The zero-order chi connectivity index (χ0) is 19.3. The molecule has 0 saturated heterocycles. The van der Waals surface area contributed by atoms with Crippen LogP contribution in [0.1, 0.15) is 18.4 Å². The van der Waals surface area contributed by atoms with Crippen LogP contribution in [0.15, 0.2) is 39.3 Å². The van der Waals surface area contributed by atoms with Crippen molar-refractivity contribution in [2.75, 3.05) is 5.75 Å². The maximum Gasteiger partial charge on any atom is 0.332 e. The van der Waals surface area contributed by atoms with Gasteiger partial charge in [-0.1, -0.05) is 6.07 Å². The van der Waals surface area contributed by atoms with Crippen molar-refractivity contribution >= 4 is 21.0 Å². The van der Waals surface area contributed by atoms with E-state index in [0.717, 1.165) is 23.0 Å². The SMILES string of the molecule is Cn1c(=O)c2c(nc(S(=O)(=O)CC3CC3)n2C)n(Cc2cccnc2)c1=O. The summed E-state index contributed by atoms with van der Waals surface area (Å²) in [5.41, 5.74) is -0.215. The monoisotopic (exact) mass is 389 g/mol. The molecule has 0 N–H and O–H groups in total. The fourth-order valence-corrected chi connectivity index (χ4v) is 5.01. The van der Waals surface area contributed by atoms with Crippen LogP contribution in [0.5, 0.6) is 0 Å². The highest BCUT2D eigenvalue weighted by molar-refractivity contribution is 7.91. The Hall–Kier alpha value is -2.75. The lowest BCUT2D eigenvalue weighted by Crippen LogP contribution is -2.38. The quantitative estimate of drug-likeness (QED) is 0.610. The van der Waals surface area contributed by atoms with E-state index in [0.29, 0.717) is 0 Å². The van der Waals surface area contributed by atoms with E-state index < -0.39 is 21.1 Å². The van der Waals surface area contributed by atoms with Gasteiger partial charge in [0.1, 0.15) is 0 Å². The molecule has 3 aromatic heterocycles. The number of nitrogens with zero attached hydrogens (tertiary/aromatic N) is 5. The molecule has 3 heterocycles. The Labute approximate surface area is 154 Å². The number of aromatic nitrogens is 5. The van der Waals surface area contributed by atoms with Gasteiger partial charge in [0.2, 0.25) is 15.0 Å². The van der Waals surface area contributed by atoms with Crippen LogP contribution in [0.2, 0.25) is 0 Å². The minimum Gasteiger partial charge on any atom is -0.312 e. The van der Waals surface area contributed by atoms with Crippen molar-refractivity contribution in [1.82, 2.24) is 23.7 Å². The molecule has 1 saturated carbocycles. The molecule has 1 aliphatic carbocycles. The zero-order valence-electron chi connectivity index (χ0n) is 15.0. The van der Waals surface area contributed by atoms with Crippen LogP contribution >= 0.6 is 0 Å². The molecule has 0 amide bonds. The van der Waals surface area contributed by atoms with Crippen LogP contribution in [0.3, 0.4) is 0 Å². The van der Waals surface area contributed by atoms with Gasteiger partial charge >= 0.3 is 5.69 Å². The lowest BCUT2D eigenvalue weighted by molar-refractivity contribution is 0.576. The molecule has 0 bridgehead atoms. The van der Waals surface area contributed by atoms with Crippen molar-refractivity contribution in [3.05, 3.63) is 50.9 Å². The van der Waals surface area contributed by atoms with Crippen molar-refractivity contribution < 1.29 is 8.42 Å². The Morgan fingerprint density at radius 1 is 1.19 bits per heavy atom. The molecule has 27 heavy (non-hydrogen) atoms. The number of sulfone groups is 1. The Morgan fingerprint density at radius 2 is 1.93 bits per heavy atom. The molecular formula is C17H19N5O4S. The number of hydrogen-bond donors (Lipinski definition) is 0. The third kappa shape index (κ3) is 2.99. The smallest absolute Gasteiger partial charge is 0.312 e. The molecule has 3 aromatic rings. The van der Waals surface area contributed by atoms with E-state index >= 15 is 0 Å². The zero-order valence-corrected chi connectivity index (χ0v) is 15.8. The van der Waals surface area contributed by atoms with Crippen LogP contribution in [-0.4, -0.2) is 37.8 Å². The summed E-state index contributed by atoms with van der Waals surface area (Å²) < 4.78 is 29.0. The second-order valence-corrected chi connectivity index (χ2v) is 8.87. The van der Waals surface area contributed by atoms with Gasteiger partial charge in [-0.25, -0.2) is 13.2 Å². The highest BCUT2D eigenvalue weighted by Gasteiger charge is 2.33. The Morgan fingerprint density at radius 3 is 2.56 bits per heavy atom. The number of rotatable bonds is 5. The molecule has 9 nitrogen and oxygen atoms in total. The molecule has 0 aliphatic heterocycles. The van der Waals surface area contributed by atoms with Gasteiger partial charge in [-0.05, 0) is 30.4 Å². The van der Waals surface area contributed by atoms with Crippen molar-refractivity contribution in [3.8, 4) is 0 Å². The van der Waals surface area contributed by atoms with Crippen molar-refractivity contribution in [1.29, 1.82) is 0 Å². The van der Waals surface area contributed by atoms with E-state index in [1.54, 1.807) is 24.5 Å². The Kier molecular flexibility index (Phi) is 4.02. The summed E-state index contributed by atoms with van der Waals surface area (Å²) in [5.74, 6) is 0.160. The maximum absolute atomic E-state index is 12.7. The van der Waals surface area contributed by atoms with E-state index in [4.69, 9.17) is 0 Å². The third-order valence-electron chi connectivity index (χ3n) is 4.81. The first kappa shape index (κ1) is 17.7. The van der Waals surface area contributed by atoms with Crippen LogP contribution in [0, 0.1) is 5.92 Å². The van der Waals surface area contributed by atoms with Gasteiger partial charge in [-0.2, -0.15) is 4.98 Å². The van der Waals surface area contributed by atoms with Gasteiger partial charge in [-0.3, -0.25) is 18.9 Å². The second kappa shape index (κ2) is 6.15. The van der Waals surface area contributed by atoms with Gasteiger partial charge in [0.05, 0.1) is 12.3 Å². The summed E-state index contributed by atoms with van der Waals surface area (Å²) in [5, 5.41) is -0.174. The maximum atomic E-state index is 12.7. The number of pyridine rings is 1. The lowest BCUT2D eigenvalue weighted by Gasteiger charge is -2.09. The highest BCUT2D eigenvalue weighted by atomic mass is 32.2. The first-order valence-electron chi connectivity index (χ1n) is 8.57. The molecule has 10 heteroatoms. The summed E-state index contributed by atoms with van der Waals surface area (Å²) in [6.45, 7) is 0.135. The molecule has 1 aliphatic rings. The summed E-state index contributed by atoms with van der Waals surface area (Å²) in [4.78, 5) is 33.6. The number of hydrogen-bond acceptors (Lipinski definition) is 6. The van der Waals surface area contributed by atoms with E-state index in [9.17, 15) is 18.0 Å². The van der Waals surface area contributed by atoms with Crippen LogP contribution < -0.4 is 11.2 Å². The minimum absolute atomic E-state index is 0.0112. The Bertz CT molecular complexity index is 1250. The van der Waals surface area contributed by atoms with Crippen LogP contribution in [0.25, 0.3) is 11.2 Å². The average Bonchev–Trinajstić information content (AvgIpc) is 3.36. The second-order valence-electron chi connectivity index (χ2n) is 6.94. The normalized spacial score (nSPS) is 14.7. The van der Waals surface area contributed by atoms with Crippen molar-refractivity contribution in [2.45, 2.75) is 24.5 Å². The van der Waals surface area contributed by atoms with E-state index in [-0.39, 0.29) is 34.5 Å². The molecule has 0 radical (unpaired) electrons. The average molecular weight is 389 g/mol. The minimum atomic E-state index is -3.65. The van der Waals surface area contributed by atoms with Crippen molar-refractivity contribution in [2.24, 2.45) is 20.0 Å². The van der Waals surface area contributed by atoms with Gasteiger partial charge in [-0.15, -0.1) is 0 Å². The number of fused-ring (bicyclic) bond motifs is 1. The van der Waals surface area contributed by atoms with E-state index in [1.807, 2.05) is 0 Å². The molecule has 4 rings (SSSR count). The highest BCUT2D eigenvalue weighted by Crippen LogP contribution is 2.32. The molecule has 0 spiro atoms. The molecule has 0 atom stereocenters. The summed E-state index contributed by atoms with van der Waals surface area (Å²) in [6.07, 6.45) is 5.00. The lowest BCUT2D eigenvalue weighted by atomic mass is 10.3. The first-order valence-corrected chi connectivity index (χ1v) is 10.2. The summed E-state index contributed by atoms with van der Waals surface area (Å²) >= 11 is 0. The largest absolute Gasteiger partial charge is 0.332 e. The molecule has 1 fully saturated rings. The summed E-state index contributed by atoms with van der Waals surface area (Å²) in [6, 6.07) is 3.54. The van der Waals surface area contributed by atoms with Gasteiger partial charge in [0.15, 0.2) is 11.2 Å². The fourth-order valence-electron chi connectivity index (χ4n) is 3.17. The van der Waals surface area contributed by atoms with Gasteiger partial charge in [0.25, 0.3) is 5.56 Å². The van der Waals surface area contributed by atoms with Gasteiger partial charge in [0, 0.05) is 26.5 Å². The molecular weight excluding hydrogens is 370 g/mol.